The van der Waals surface area contributed by atoms with E-state index in [1.165, 1.54) is 32.6 Å². The Bertz CT molecular complexity index is 877. The maximum Gasteiger partial charge on any atom is 0.343 e. The number of nitrogens with one attached hydrogen (secondary N) is 1. The molecule has 0 heterocycles. The van der Waals surface area contributed by atoms with Gasteiger partial charge in [-0.3, -0.25) is 9.59 Å². The third-order valence-corrected chi connectivity index (χ3v) is 3.32. The van der Waals surface area contributed by atoms with Gasteiger partial charge < -0.3 is 19.9 Å². The van der Waals surface area contributed by atoms with Gasteiger partial charge in [0.1, 0.15) is 5.75 Å². The number of methoxy groups -OCH3 is 2. The third kappa shape index (κ3) is 5.30. The second-order valence-corrected chi connectivity index (χ2v) is 5.09. The summed E-state index contributed by atoms with van der Waals surface area (Å²) in [5.74, 6) is -1.64. The number of benzene rings is 2. The van der Waals surface area contributed by atoms with Crippen LogP contribution >= 0.6 is 0 Å². The number of hydrazone groups is 1. The van der Waals surface area contributed by atoms with Crippen molar-refractivity contribution in [3.05, 3.63) is 53.6 Å². The van der Waals surface area contributed by atoms with Crippen LogP contribution in [0.1, 0.15) is 15.9 Å². The Morgan fingerprint density at radius 3 is 2.30 bits per heavy atom. The molecule has 0 unspecified atom stereocenters. The van der Waals surface area contributed by atoms with Gasteiger partial charge in [0.25, 0.3) is 0 Å². The van der Waals surface area contributed by atoms with E-state index in [2.05, 4.69) is 5.10 Å². The summed E-state index contributed by atoms with van der Waals surface area (Å²) >= 11 is 0. The highest BCUT2D eigenvalue weighted by Gasteiger charge is 2.13. The quantitative estimate of drug-likeness (QED) is 0.255. The number of primary amides is 1. The fourth-order valence-corrected chi connectivity index (χ4v) is 1.96. The zero-order valence-electron chi connectivity index (χ0n) is 14.6. The number of nitrogens with zero attached hydrogens (tertiary/aromatic N) is 1. The summed E-state index contributed by atoms with van der Waals surface area (Å²) in [6.45, 7) is 0. The molecular formula is C18H17N3O6. The van der Waals surface area contributed by atoms with Gasteiger partial charge in [0.15, 0.2) is 11.5 Å². The summed E-state index contributed by atoms with van der Waals surface area (Å²) in [6.07, 6.45) is 1.28. The average Bonchev–Trinajstić information content (AvgIpc) is 2.68. The standard InChI is InChI=1S/C18H17N3O6/c1-25-13-6-4-12(5-7-13)18(24)27-14-8-3-11(9-15(14)26-2)10-20-21-17(23)16(19)22/h3-10H,1-2H3,(H2,19,22)(H,21,23)/b20-10-. The maximum absolute atomic E-state index is 12.2. The zero-order valence-corrected chi connectivity index (χ0v) is 14.6. The minimum atomic E-state index is -1.15. The minimum Gasteiger partial charge on any atom is -0.497 e. The Morgan fingerprint density at radius 2 is 1.70 bits per heavy atom. The number of hydrogen-bond donors (Lipinski definition) is 2. The Balaban J connectivity index is 2.10. The van der Waals surface area contributed by atoms with E-state index in [1.807, 2.05) is 5.43 Å². The van der Waals surface area contributed by atoms with Crippen molar-refractivity contribution in [1.29, 1.82) is 0 Å². The van der Waals surface area contributed by atoms with Gasteiger partial charge in [-0.25, -0.2) is 10.2 Å². The van der Waals surface area contributed by atoms with Crippen LogP contribution in [0.25, 0.3) is 0 Å². The highest BCUT2D eigenvalue weighted by atomic mass is 16.6. The molecule has 27 heavy (non-hydrogen) atoms. The van der Waals surface area contributed by atoms with Crippen molar-refractivity contribution in [3.8, 4) is 17.2 Å². The van der Waals surface area contributed by atoms with E-state index >= 15 is 0 Å². The number of hydrogen-bond acceptors (Lipinski definition) is 7. The van der Waals surface area contributed by atoms with E-state index in [0.717, 1.165) is 0 Å². The van der Waals surface area contributed by atoms with E-state index in [-0.39, 0.29) is 11.5 Å². The molecule has 0 saturated carbocycles. The third-order valence-electron chi connectivity index (χ3n) is 3.32. The lowest BCUT2D eigenvalue weighted by Crippen LogP contribution is -2.32. The summed E-state index contributed by atoms with van der Waals surface area (Å²) in [5, 5.41) is 3.59. The summed E-state index contributed by atoms with van der Waals surface area (Å²) in [6, 6.07) is 11.1. The summed E-state index contributed by atoms with van der Waals surface area (Å²) in [7, 11) is 2.94. The molecular weight excluding hydrogens is 354 g/mol. The topological polar surface area (TPSA) is 129 Å². The summed E-state index contributed by atoms with van der Waals surface area (Å²) in [4.78, 5) is 33.9. The van der Waals surface area contributed by atoms with Crippen LogP contribution in [0.3, 0.4) is 0 Å². The molecule has 0 saturated heterocycles. The fraction of sp³-hybridized carbons (Fsp3) is 0.111. The van der Waals surface area contributed by atoms with E-state index < -0.39 is 17.8 Å². The summed E-state index contributed by atoms with van der Waals surface area (Å²) in [5.41, 5.74) is 7.63. The first-order valence-electron chi connectivity index (χ1n) is 7.61. The molecule has 2 amide bonds. The van der Waals surface area contributed by atoms with Crippen LogP contribution < -0.4 is 25.4 Å². The number of carbonyl (C=O) groups is 3. The molecule has 2 aromatic rings. The van der Waals surface area contributed by atoms with Crippen molar-refractivity contribution in [2.45, 2.75) is 0 Å². The number of amides is 2. The fourth-order valence-electron chi connectivity index (χ4n) is 1.96. The SMILES string of the molecule is COc1ccc(C(=O)Oc2ccc(/C=N\NC(=O)C(N)=O)cc2OC)cc1. The monoisotopic (exact) mass is 371 g/mol. The van der Waals surface area contributed by atoms with E-state index in [4.69, 9.17) is 19.9 Å². The van der Waals surface area contributed by atoms with Crippen molar-refractivity contribution >= 4 is 24.0 Å². The molecule has 0 bridgehead atoms. The number of ether oxygens (including phenoxy) is 3. The molecule has 2 rings (SSSR count). The molecule has 0 radical (unpaired) electrons. The van der Waals surface area contributed by atoms with Crippen LogP contribution in [-0.4, -0.2) is 38.2 Å². The van der Waals surface area contributed by atoms with Gasteiger partial charge in [0, 0.05) is 0 Å². The number of nitrogens with two attached hydrogens (primary N) is 1. The first-order chi connectivity index (χ1) is 12.9. The highest BCUT2D eigenvalue weighted by Crippen LogP contribution is 2.28. The molecule has 0 atom stereocenters. The molecule has 2 aromatic carbocycles. The highest BCUT2D eigenvalue weighted by molar-refractivity contribution is 6.34. The van der Waals surface area contributed by atoms with Gasteiger partial charge in [0.2, 0.25) is 0 Å². The van der Waals surface area contributed by atoms with Crippen LogP contribution in [0.15, 0.2) is 47.6 Å². The first-order valence-corrected chi connectivity index (χ1v) is 7.61. The molecule has 9 heteroatoms. The molecule has 0 aliphatic rings. The molecule has 0 aliphatic carbocycles. The molecule has 9 nitrogen and oxygen atoms in total. The van der Waals surface area contributed by atoms with Crippen LogP contribution in [0.4, 0.5) is 0 Å². The van der Waals surface area contributed by atoms with Crippen LogP contribution in [0, 0.1) is 0 Å². The maximum atomic E-state index is 12.2. The Kier molecular flexibility index (Phi) is 6.48. The molecule has 0 spiro atoms. The lowest BCUT2D eigenvalue weighted by atomic mass is 10.2. The van der Waals surface area contributed by atoms with Crippen LogP contribution in [0.5, 0.6) is 17.2 Å². The van der Waals surface area contributed by atoms with Crippen molar-refractivity contribution in [1.82, 2.24) is 5.43 Å². The normalized spacial score (nSPS) is 10.3. The van der Waals surface area contributed by atoms with Crippen LogP contribution in [0.2, 0.25) is 0 Å². The zero-order chi connectivity index (χ0) is 19.8. The smallest absolute Gasteiger partial charge is 0.343 e. The Morgan fingerprint density at radius 1 is 1.00 bits per heavy atom. The predicted molar refractivity (Wildman–Crippen MR) is 95.9 cm³/mol. The molecule has 3 N–H and O–H groups in total. The van der Waals surface area contributed by atoms with Gasteiger partial charge in [-0.05, 0) is 48.0 Å². The van der Waals surface area contributed by atoms with E-state index in [1.54, 1.807) is 30.3 Å². The van der Waals surface area contributed by atoms with Crippen molar-refractivity contribution in [2.75, 3.05) is 14.2 Å². The molecule has 0 aromatic heterocycles. The molecule has 0 fully saturated rings. The largest absolute Gasteiger partial charge is 0.497 e. The predicted octanol–water partition coefficient (Wildman–Crippen LogP) is 0.858. The lowest BCUT2D eigenvalue weighted by Gasteiger charge is -2.10. The minimum absolute atomic E-state index is 0.205. The van der Waals surface area contributed by atoms with Gasteiger partial charge >= 0.3 is 17.8 Å². The Hall–Kier alpha value is -3.88. The lowest BCUT2D eigenvalue weighted by molar-refractivity contribution is -0.137. The van der Waals surface area contributed by atoms with E-state index in [9.17, 15) is 14.4 Å². The van der Waals surface area contributed by atoms with Gasteiger partial charge in [-0.2, -0.15) is 5.10 Å². The molecule has 140 valence electrons. The Labute approximate surface area is 154 Å². The number of rotatable bonds is 6. The van der Waals surface area contributed by atoms with Gasteiger partial charge in [-0.1, -0.05) is 0 Å². The second-order valence-electron chi connectivity index (χ2n) is 5.09. The number of carbonyl (C=O) groups excluding carboxylic acids is 3. The van der Waals surface area contributed by atoms with Crippen LogP contribution in [-0.2, 0) is 9.59 Å². The summed E-state index contributed by atoms with van der Waals surface area (Å²) < 4.78 is 15.6. The van der Waals surface area contributed by atoms with Gasteiger partial charge in [-0.15, -0.1) is 0 Å². The average molecular weight is 371 g/mol. The van der Waals surface area contributed by atoms with Gasteiger partial charge in [0.05, 0.1) is 26.0 Å². The van der Waals surface area contributed by atoms with E-state index in [0.29, 0.717) is 16.9 Å². The number of esters is 1. The van der Waals surface area contributed by atoms with Crippen molar-refractivity contribution in [2.24, 2.45) is 10.8 Å². The first kappa shape index (κ1) is 19.4. The molecule has 0 aliphatic heterocycles. The van der Waals surface area contributed by atoms with Crippen molar-refractivity contribution in [3.63, 3.8) is 0 Å². The second kappa shape index (κ2) is 8.99. The van der Waals surface area contributed by atoms with Crippen molar-refractivity contribution < 1.29 is 28.6 Å².